The van der Waals surface area contributed by atoms with E-state index < -0.39 is 5.82 Å². The van der Waals surface area contributed by atoms with Crippen molar-refractivity contribution < 1.29 is 14.2 Å². The minimum atomic E-state index is -0.564. The number of methoxy groups -OCH3 is 1. The Labute approximate surface area is 94.0 Å². The van der Waals surface area contributed by atoms with Crippen LogP contribution in [0.15, 0.2) is 12.1 Å². The van der Waals surface area contributed by atoms with Crippen molar-refractivity contribution in [2.75, 3.05) is 13.7 Å². The number of nitrogens with two attached hydrogens (primary N) is 1. The second-order valence-corrected chi connectivity index (χ2v) is 4.35. The van der Waals surface area contributed by atoms with Gasteiger partial charge in [0.2, 0.25) is 0 Å². The molecule has 0 spiro atoms. The molecule has 0 amide bonds. The van der Waals surface area contributed by atoms with Gasteiger partial charge in [-0.25, -0.2) is 4.39 Å². The lowest BCUT2D eigenvalue weighted by molar-refractivity contribution is 0.241. The molecular formula is C12H16FNO2. The van der Waals surface area contributed by atoms with Crippen LogP contribution in [0.1, 0.15) is 24.8 Å². The third-order valence-corrected chi connectivity index (χ3v) is 3.54. The highest BCUT2D eigenvalue weighted by Gasteiger charge is 2.40. The van der Waals surface area contributed by atoms with Gasteiger partial charge in [0.15, 0.2) is 11.6 Å². The van der Waals surface area contributed by atoms with Gasteiger partial charge in [0, 0.05) is 23.6 Å². The fourth-order valence-electron chi connectivity index (χ4n) is 2.27. The normalized spacial score (nSPS) is 17.9. The molecular weight excluding hydrogens is 209 g/mol. The molecule has 0 atom stereocenters. The van der Waals surface area contributed by atoms with Crippen LogP contribution in [0, 0.1) is 5.82 Å². The average Bonchev–Trinajstić information content (AvgIpc) is 2.23. The van der Waals surface area contributed by atoms with E-state index in [9.17, 15) is 9.50 Å². The van der Waals surface area contributed by atoms with Gasteiger partial charge < -0.3 is 15.6 Å². The molecule has 1 aromatic rings. The molecule has 1 aliphatic carbocycles. The summed E-state index contributed by atoms with van der Waals surface area (Å²) in [4.78, 5) is 0. The molecule has 0 aromatic heterocycles. The molecule has 0 radical (unpaired) electrons. The molecule has 3 N–H and O–H groups in total. The minimum Gasteiger partial charge on any atom is -0.505 e. The van der Waals surface area contributed by atoms with Gasteiger partial charge in [0.1, 0.15) is 5.75 Å². The molecule has 1 aliphatic rings. The van der Waals surface area contributed by atoms with E-state index in [0.29, 0.717) is 17.9 Å². The third kappa shape index (κ3) is 1.53. The fourth-order valence-corrected chi connectivity index (χ4v) is 2.27. The number of benzene rings is 1. The smallest absolute Gasteiger partial charge is 0.168 e. The first-order chi connectivity index (χ1) is 7.63. The van der Waals surface area contributed by atoms with Gasteiger partial charge >= 0.3 is 0 Å². The number of hydrogen-bond donors (Lipinski definition) is 2. The second kappa shape index (κ2) is 3.94. The molecule has 4 heteroatoms. The molecule has 0 heterocycles. The number of aromatic hydroxyl groups is 1. The molecule has 0 aliphatic heterocycles. The highest BCUT2D eigenvalue weighted by atomic mass is 19.1. The molecule has 16 heavy (non-hydrogen) atoms. The van der Waals surface area contributed by atoms with Crippen LogP contribution in [0.4, 0.5) is 4.39 Å². The first-order valence-electron chi connectivity index (χ1n) is 5.40. The van der Waals surface area contributed by atoms with Gasteiger partial charge in [0.05, 0.1) is 7.11 Å². The monoisotopic (exact) mass is 225 g/mol. The van der Waals surface area contributed by atoms with Crippen molar-refractivity contribution in [1.29, 1.82) is 0 Å². The van der Waals surface area contributed by atoms with Crippen molar-refractivity contribution in [3.05, 3.63) is 23.5 Å². The van der Waals surface area contributed by atoms with Crippen molar-refractivity contribution in [2.45, 2.75) is 24.7 Å². The maximum absolute atomic E-state index is 13.9. The first kappa shape index (κ1) is 11.2. The lowest BCUT2D eigenvalue weighted by atomic mass is 9.64. The van der Waals surface area contributed by atoms with Crippen LogP contribution in [0.2, 0.25) is 0 Å². The van der Waals surface area contributed by atoms with Crippen LogP contribution in [-0.4, -0.2) is 18.8 Å². The first-order valence-corrected chi connectivity index (χ1v) is 5.40. The highest BCUT2D eigenvalue weighted by Crippen LogP contribution is 2.46. The summed E-state index contributed by atoms with van der Waals surface area (Å²) < 4.78 is 18.9. The highest BCUT2D eigenvalue weighted by molar-refractivity contribution is 5.44. The van der Waals surface area contributed by atoms with E-state index in [2.05, 4.69) is 0 Å². The molecule has 1 aromatic carbocycles. The van der Waals surface area contributed by atoms with E-state index in [4.69, 9.17) is 10.5 Å². The van der Waals surface area contributed by atoms with Crippen LogP contribution < -0.4 is 10.5 Å². The van der Waals surface area contributed by atoms with E-state index in [1.807, 2.05) is 0 Å². The quantitative estimate of drug-likeness (QED) is 0.826. The number of phenolic OH excluding ortho intramolecular Hbond substituents is 1. The molecule has 2 rings (SSSR count). The summed E-state index contributed by atoms with van der Waals surface area (Å²) in [5, 5.41) is 9.49. The molecule has 0 unspecified atom stereocenters. The fraction of sp³-hybridized carbons (Fsp3) is 0.500. The van der Waals surface area contributed by atoms with Gasteiger partial charge in [0.25, 0.3) is 0 Å². The number of ether oxygens (including phenoxy) is 1. The van der Waals surface area contributed by atoms with Crippen molar-refractivity contribution in [3.8, 4) is 11.5 Å². The number of hydrogen-bond acceptors (Lipinski definition) is 3. The topological polar surface area (TPSA) is 55.5 Å². The van der Waals surface area contributed by atoms with Crippen LogP contribution in [0.5, 0.6) is 11.5 Å². The van der Waals surface area contributed by atoms with E-state index >= 15 is 0 Å². The second-order valence-electron chi connectivity index (χ2n) is 4.35. The number of rotatable bonds is 3. The number of halogens is 1. The zero-order chi connectivity index (χ0) is 11.8. The summed E-state index contributed by atoms with van der Waals surface area (Å²) in [6.07, 6.45) is 2.79. The predicted octanol–water partition coefficient (Wildman–Crippen LogP) is 1.92. The van der Waals surface area contributed by atoms with Gasteiger partial charge in [-0.2, -0.15) is 0 Å². The van der Waals surface area contributed by atoms with Crippen LogP contribution in [0.3, 0.4) is 0 Å². The molecule has 88 valence electrons. The Morgan fingerprint density at radius 1 is 1.50 bits per heavy atom. The summed E-state index contributed by atoms with van der Waals surface area (Å²) in [7, 11) is 1.49. The lowest BCUT2D eigenvalue weighted by Crippen LogP contribution is -2.42. The largest absolute Gasteiger partial charge is 0.505 e. The van der Waals surface area contributed by atoms with Gasteiger partial charge in [-0.15, -0.1) is 0 Å². The van der Waals surface area contributed by atoms with Crippen molar-refractivity contribution >= 4 is 0 Å². The lowest BCUT2D eigenvalue weighted by Gasteiger charge is -2.41. The Morgan fingerprint density at radius 3 is 2.62 bits per heavy atom. The maximum atomic E-state index is 13.9. The Bertz CT molecular complexity index is 397. The zero-order valence-electron chi connectivity index (χ0n) is 9.29. The third-order valence-electron chi connectivity index (χ3n) is 3.54. The SMILES string of the molecule is COc1cc(O)c(F)c(C2(CN)CCC2)c1. The molecule has 0 saturated heterocycles. The van der Waals surface area contributed by atoms with E-state index in [0.717, 1.165) is 19.3 Å². The van der Waals surface area contributed by atoms with Gasteiger partial charge in [-0.05, 0) is 18.9 Å². The Morgan fingerprint density at radius 2 is 2.19 bits per heavy atom. The van der Waals surface area contributed by atoms with Crippen LogP contribution >= 0.6 is 0 Å². The van der Waals surface area contributed by atoms with Crippen LogP contribution in [0.25, 0.3) is 0 Å². The number of phenols is 1. The van der Waals surface area contributed by atoms with Crippen LogP contribution in [-0.2, 0) is 5.41 Å². The average molecular weight is 225 g/mol. The molecule has 3 nitrogen and oxygen atoms in total. The predicted molar refractivity (Wildman–Crippen MR) is 59.2 cm³/mol. The van der Waals surface area contributed by atoms with Crippen molar-refractivity contribution in [3.63, 3.8) is 0 Å². The van der Waals surface area contributed by atoms with E-state index in [-0.39, 0.29) is 11.2 Å². The summed E-state index contributed by atoms with van der Waals surface area (Å²) in [5.74, 6) is -0.464. The Kier molecular flexibility index (Phi) is 2.76. The Hall–Kier alpha value is -1.29. The minimum absolute atomic E-state index is 0.309. The van der Waals surface area contributed by atoms with Crippen molar-refractivity contribution in [1.82, 2.24) is 0 Å². The van der Waals surface area contributed by atoms with E-state index in [1.54, 1.807) is 6.07 Å². The molecule has 1 fully saturated rings. The maximum Gasteiger partial charge on any atom is 0.168 e. The summed E-state index contributed by atoms with van der Waals surface area (Å²) in [6, 6.07) is 2.92. The summed E-state index contributed by atoms with van der Waals surface area (Å²) >= 11 is 0. The summed E-state index contributed by atoms with van der Waals surface area (Å²) in [6.45, 7) is 0.399. The van der Waals surface area contributed by atoms with Gasteiger partial charge in [-0.3, -0.25) is 0 Å². The summed E-state index contributed by atoms with van der Waals surface area (Å²) in [5.41, 5.74) is 5.90. The molecule has 0 bridgehead atoms. The molecule has 1 saturated carbocycles. The van der Waals surface area contributed by atoms with E-state index in [1.165, 1.54) is 13.2 Å². The zero-order valence-corrected chi connectivity index (χ0v) is 9.29. The Balaban J connectivity index is 2.50. The standard InChI is InChI=1S/C12H16FNO2/c1-16-8-5-9(11(13)10(15)6-8)12(7-14)3-2-4-12/h5-6,15H,2-4,7,14H2,1H3. The van der Waals surface area contributed by atoms with Gasteiger partial charge in [-0.1, -0.05) is 6.42 Å². The van der Waals surface area contributed by atoms with Crippen molar-refractivity contribution in [2.24, 2.45) is 5.73 Å².